The first-order valence-corrected chi connectivity index (χ1v) is 6.72. The Morgan fingerprint density at radius 3 is 2.73 bits per heavy atom. The highest BCUT2D eigenvalue weighted by molar-refractivity contribution is 6.19. The van der Waals surface area contributed by atoms with Crippen molar-refractivity contribution < 1.29 is 9.18 Å². The fraction of sp³-hybridized carbons (Fsp3) is 0.118. The molecule has 0 radical (unpaired) electrons. The van der Waals surface area contributed by atoms with Gasteiger partial charge in [-0.15, -0.1) is 0 Å². The minimum absolute atomic E-state index is 0.0588. The van der Waals surface area contributed by atoms with Crippen LogP contribution in [0.15, 0.2) is 47.5 Å². The van der Waals surface area contributed by atoms with Crippen LogP contribution in [-0.2, 0) is 4.79 Å². The monoisotopic (exact) mass is 293 g/mol. The minimum Gasteiger partial charge on any atom is -0.313 e. The molecule has 2 aromatic carbocycles. The summed E-state index contributed by atoms with van der Waals surface area (Å²) < 4.78 is 14.1. The summed E-state index contributed by atoms with van der Waals surface area (Å²) in [5.41, 5.74) is 2.34. The van der Waals surface area contributed by atoms with E-state index < -0.39 is 5.82 Å². The van der Waals surface area contributed by atoms with Crippen LogP contribution in [0.5, 0.6) is 0 Å². The Bertz CT molecular complexity index is 836. The number of carbonyl (C=O) groups is 1. The van der Waals surface area contributed by atoms with Crippen molar-refractivity contribution in [2.45, 2.75) is 0 Å². The zero-order chi connectivity index (χ0) is 15.7. The number of hydrogen-bond donors (Lipinski definition) is 0. The van der Waals surface area contributed by atoms with Crippen LogP contribution < -0.4 is 4.90 Å². The number of hydrogen-bond acceptors (Lipinski definition) is 3. The molecular weight excluding hydrogens is 281 g/mol. The molecule has 0 bridgehead atoms. The molecule has 0 unspecified atom stereocenters. The number of fused-ring (bicyclic) bond motifs is 1. The molecule has 0 atom stereocenters. The zero-order valence-corrected chi connectivity index (χ0v) is 11.9. The van der Waals surface area contributed by atoms with Crippen molar-refractivity contribution in [2.75, 3.05) is 18.5 Å². The summed E-state index contributed by atoms with van der Waals surface area (Å²) >= 11 is 0. The highest BCUT2D eigenvalue weighted by atomic mass is 19.1. The summed E-state index contributed by atoms with van der Waals surface area (Å²) in [5, 5.41) is 9.09. The van der Waals surface area contributed by atoms with Gasteiger partial charge in [-0.3, -0.25) is 9.79 Å². The maximum atomic E-state index is 14.1. The first-order chi connectivity index (χ1) is 10.6. The quantitative estimate of drug-likeness (QED) is 0.811. The SMILES string of the molecule is CN1C(=O)CN=C(c2ccccc2F)c2cc(C#N)ccc21. The van der Waals surface area contributed by atoms with Gasteiger partial charge < -0.3 is 4.90 Å². The standard InChI is InChI=1S/C17H12FN3O/c1-21-15-7-6-11(9-19)8-13(15)17(20-10-16(21)22)12-4-2-3-5-14(12)18/h2-8H,10H2,1H3. The molecule has 0 spiro atoms. The molecule has 1 aliphatic rings. The van der Waals surface area contributed by atoms with Gasteiger partial charge in [0.1, 0.15) is 12.4 Å². The van der Waals surface area contributed by atoms with E-state index >= 15 is 0 Å². The summed E-state index contributed by atoms with van der Waals surface area (Å²) in [7, 11) is 1.65. The zero-order valence-electron chi connectivity index (χ0n) is 11.9. The molecule has 3 rings (SSSR count). The number of rotatable bonds is 1. The van der Waals surface area contributed by atoms with Crippen LogP contribution >= 0.6 is 0 Å². The Morgan fingerprint density at radius 2 is 2.00 bits per heavy atom. The van der Waals surface area contributed by atoms with Crippen molar-refractivity contribution >= 4 is 17.3 Å². The normalized spacial score (nSPS) is 14.0. The molecule has 0 saturated heterocycles. The van der Waals surface area contributed by atoms with E-state index in [-0.39, 0.29) is 12.5 Å². The van der Waals surface area contributed by atoms with Crippen LogP contribution in [0.3, 0.4) is 0 Å². The van der Waals surface area contributed by atoms with Crippen molar-refractivity contribution in [3.8, 4) is 6.07 Å². The van der Waals surface area contributed by atoms with E-state index in [4.69, 9.17) is 5.26 Å². The Labute approximate surface area is 127 Å². The molecule has 108 valence electrons. The maximum absolute atomic E-state index is 14.1. The van der Waals surface area contributed by atoms with Crippen molar-refractivity contribution in [3.05, 3.63) is 65.0 Å². The lowest BCUT2D eigenvalue weighted by molar-refractivity contribution is -0.116. The lowest BCUT2D eigenvalue weighted by atomic mass is 9.98. The Hall–Kier alpha value is -3.00. The van der Waals surface area contributed by atoms with Crippen molar-refractivity contribution in [1.29, 1.82) is 5.26 Å². The average molecular weight is 293 g/mol. The second kappa shape index (κ2) is 5.41. The molecule has 0 saturated carbocycles. The van der Waals surface area contributed by atoms with E-state index in [1.165, 1.54) is 11.0 Å². The highest BCUT2D eigenvalue weighted by Crippen LogP contribution is 2.27. The molecule has 0 N–H and O–H groups in total. The van der Waals surface area contributed by atoms with Gasteiger partial charge in [-0.05, 0) is 30.3 Å². The van der Waals surface area contributed by atoms with Gasteiger partial charge in [0.15, 0.2) is 0 Å². The lowest BCUT2D eigenvalue weighted by Crippen LogP contribution is -2.27. The van der Waals surface area contributed by atoms with Crippen LogP contribution in [0.1, 0.15) is 16.7 Å². The summed E-state index contributed by atoms with van der Waals surface area (Å²) in [4.78, 5) is 17.8. The summed E-state index contributed by atoms with van der Waals surface area (Å²) in [6.07, 6.45) is 0. The number of likely N-dealkylation sites (N-methyl/N-ethyl adjacent to an activating group) is 1. The molecule has 5 heteroatoms. The number of nitrogens with zero attached hydrogens (tertiary/aromatic N) is 3. The van der Waals surface area contributed by atoms with E-state index in [1.807, 2.05) is 0 Å². The second-order valence-corrected chi connectivity index (χ2v) is 4.94. The van der Waals surface area contributed by atoms with Gasteiger partial charge >= 0.3 is 0 Å². The van der Waals surface area contributed by atoms with E-state index in [0.717, 1.165) is 0 Å². The minimum atomic E-state index is -0.411. The van der Waals surface area contributed by atoms with Crippen LogP contribution in [0.25, 0.3) is 0 Å². The van der Waals surface area contributed by atoms with Gasteiger partial charge in [0, 0.05) is 18.2 Å². The van der Waals surface area contributed by atoms with Gasteiger partial charge in [-0.25, -0.2) is 4.39 Å². The third-order valence-corrected chi connectivity index (χ3v) is 3.62. The Morgan fingerprint density at radius 1 is 1.23 bits per heavy atom. The molecule has 0 fully saturated rings. The number of halogens is 1. The number of benzene rings is 2. The number of nitriles is 1. The van der Waals surface area contributed by atoms with Crippen LogP contribution in [0.2, 0.25) is 0 Å². The Kier molecular flexibility index (Phi) is 3.43. The van der Waals surface area contributed by atoms with Gasteiger partial charge in [-0.2, -0.15) is 5.26 Å². The molecule has 1 heterocycles. The molecule has 4 nitrogen and oxygen atoms in total. The first kappa shape index (κ1) is 14.0. The third-order valence-electron chi connectivity index (χ3n) is 3.62. The number of aliphatic imine (C=N–C) groups is 1. The van der Waals surface area contributed by atoms with E-state index in [9.17, 15) is 9.18 Å². The summed E-state index contributed by atoms with van der Waals surface area (Å²) in [6.45, 7) is -0.0588. The smallest absolute Gasteiger partial charge is 0.248 e. The van der Waals surface area contributed by atoms with Crippen LogP contribution in [0.4, 0.5) is 10.1 Å². The van der Waals surface area contributed by atoms with Gasteiger partial charge in [-0.1, -0.05) is 12.1 Å². The lowest BCUT2D eigenvalue weighted by Gasteiger charge is -2.18. The maximum Gasteiger partial charge on any atom is 0.248 e. The molecular formula is C17H12FN3O. The fourth-order valence-corrected chi connectivity index (χ4v) is 2.44. The van der Waals surface area contributed by atoms with Crippen molar-refractivity contribution in [2.24, 2.45) is 4.99 Å². The molecule has 0 aliphatic carbocycles. The predicted molar refractivity (Wildman–Crippen MR) is 81.5 cm³/mol. The highest BCUT2D eigenvalue weighted by Gasteiger charge is 2.24. The van der Waals surface area contributed by atoms with Crippen LogP contribution in [-0.4, -0.2) is 25.2 Å². The second-order valence-electron chi connectivity index (χ2n) is 4.94. The van der Waals surface area contributed by atoms with Crippen LogP contribution in [0, 0.1) is 17.1 Å². The Balaban J connectivity index is 2.28. The van der Waals surface area contributed by atoms with E-state index in [1.54, 1.807) is 43.4 Å². The number of anilines is 1. The molecule has 22 heavy (non-hydrogen) atoms. The van der Waals surface area contributed by atoms with Gasteiger partial charge in [0.25, 0.3) is 0 Å². The molecule has 1 aliphatic heterocycles. The third kappa shape index (κ3) is 2.25. The summed E-state index contributed by atoms with van der Waals surface area (Å²) in [6, 6.07) is 13.3. The number of benzodiazepines with no additional fused rings is 1. The predicted octanol–water partition coefficient (Wildman–Crippen LogP) is 2.51. The van der Waals surface area contributed by atoms with Crippen molar-refractivity contribution in [3.63, 3.8) is 0 Å². The number of amides is 1. The topological polar surface area (TPSA) is 56.5 Å². The average Bonchev–Trinajstić information content (AvgIpc) is 2.66. The van der Waals surface area contributed by atoms with E-state index in [0.29, 0.717) is 28.1 Å². The van der Waals surface area contributed by atoms with Crippen molar-refractivity contribution in [1.82, 2.24) is 0 Å². The van der Waals surface area contributed by atoms with Gasteiger partial charge in [0.2, 0.25) is 5.91 Å². The van der Waals surface area contributed by atoms with E-state index in [2.05, 4.69) is 11.1 Å². The number of carbonyl (C=O) groups excluding carboxylic acids is 1. The molecule has 0 aromatic heterocycles. The first-order valence-electron chi connectivity index (χ1n) is 6.72. The van der Waals surface area contributed by atoms with Gasteiger partial charge in [0.05, 0.1) is 23.0 Å². The largest absolute Gasteiger partial charge is 0.313 e. The molecule has 2 aromatic rings. The fourth-order valence-electron chi connectivity index (χ4n) is 2.44. The molecule has 1 amide bonds. The summed E-state index contributed by atoms with van der Waals surface area (Å²) in [5.74, 6) is -0.594.